The Morgan fingerprint density at radius 3 is 2.61 bits per heavy atom. The Morgan fingerprint density at radius 1 is 1.00 bits per heavy atom. The molecule has 1 aliphatic heterocycles. The molecule has 5 rings (SSSR count). The van der Waals surface area contributed by atoms with Gasteiger partial charge in [0.1, 0.15) is 23.1 Å². The quantitative estimate of drug-likeness (QED) is 0.276. The molecule has 33 heavy (non-hydrogen) atoms. The summed E-state index contributed by atoms with van der Waals surface area (Å²) in [6.07, 6.45) is 0. The molecule has 0 amide bonds. The zero-order chi connectivity index (χ0) is 22.9. The Morgan fingerprint density at radius 2 is 1.79 bits per heavy atom. The van der Waals surface area contributed by atoms with Crippen LogP contribution >= 0.6 is 15.9 Å². The lowest BCUT2D eigenvalue weighted by Gasteiger charge is -2.26. The van der Waals surface area contributed by atoms with E-state index in [-0.39, 0.29) is 11.8 Å². The van der Waals surface area contributed by atoms with Crippen molar-refractivity contribution in [3.05, 3.63) is 118 Å². The smallest absolute Gasteiger partial charge is 0.344 e. The molecular weight excluding hydrogens is 480 g/mol. The van der Waals surface area contributed by atoms with E-state index in [1.165, 1.54) is 0 Å². The minimum Gasteiger partial charge on any atom is -0.440 e. The summed E-state index contributed by atoms with van der Waals surface area (Å²) in [7, 11) is 0. The van der Waals surface area contributed by atoms with Crippen LogP contribution in [-0.2, 0) is 0 Å². The van der Waals surface area contributed by atoms with Gasteiger partial charge in [0.2, 0.25) is 5.88 Å². The number of carbonyl (C=O) groups excluding carboxylic acids is 1. The molecule has 0 aliphatic carbocycles. The molecule has 5 nitrogen and oxygen atoms in total. The summed E-state index contributed by atoms with van der Waals surface area (Å²) in [6.45, 7) is 0. The van der Waals surface area contributed by atoms with Crippen molar-refractivity contribution < 1.29 is 14.3 Å². The van der Waals surface area contributed by atoms with Gasteiger partial charge in [0.05, 0.1) is 11.5 Å². The number of nitrogens with zero attached hydrogens (tertiary/aromatic N) is 1. The summed E-state index contributed by atoms with van der Waals surface area (Å²) < 4.78 is 12.3. The first kappa shape index (κ1) is 20.8. The normalized spacial score (nSPS) is 14.8. The summed E-state index contributed by atoms with van der Waals surface area (Å²) >= 11 is 3.48. The summed E-state index contributed by atoms with van der Waals surface area (Å²) in [5.74, 6) is -0.0496. The standard InChI is InChI=1S/C27H17BrN2O3/c28-18-8-3-7-17(13-18)25-22-12-11-19(14-24(22)33-26(30)23(25)15-29)32-27(31)21-10-4-6-16-5-1-2-9-20(16)21/h1-14,25H,30H2. The molecule has 0 saturated carbocycles. The first-order valence-corrected chi connectivity index (χ1v) is 11.0. The molecule has 0 spiro atoms. The molecule has 4 aromatic rings. The average Bonchev–Trinajstić information content (AvgIpc) is 2.82. The first-order valence-electron chi connectivity index (χ1n) is 10.2. The van der Waals surface area contributed by atoms with Crippen molar-refractivity contribution in [3.8, 4) is 17.6 Å². The van der Waals surface area contributed by atoms with Gasteiger partial charge in [-0.05, 0) is 40.6 Å². The molecule has 0 bridgehead atoms. The van der Waals surface area contributed by atoms with Gasteiger partial charge in [-0.3, -0.25) is 0 Å². The lowest BCUT2D eigenvalue weighted by molar-refractivity contribution is 0.0736. The fourth-order valence-corrected chi connectivity index (χ4v) is 4.51. The Hall–Kier alpha value is -4.08. The van der Waals surface area contributed by atoms with Gasteiger partial charge in [0, 0.05) is 16.1 Å². The largest absolute Gasteiger partial charge is 0.440 e. The summed E-state index contributed by atoms with van der Waals surface area (Å²) in [5.41, 5.74) is 8.57. The number of esters is 1. The van der Waals surface area contributed by atoms with Crippen molar-refractivity contribution in [2.45, 2.75) is 5.92 Å². The van der Waals surface area contributed by atoms with Crippen LogP contribution in [0.5, 0.6) is 11.5 Å². The third kappa shape index (κ3) is 3.84. The summed E-state index contributed by atoms with van der Waals surface area (Å²) in [5, 5.41) is 11.5. The minimum absolute atomic E-state index is 0.0347. The average molecular weight is 497 g/mol. The second-order valence-electron chi connectivity index (χ2n) is 7.60. The number of nitriles is 1. The number of nitrogens with two attached hydrogens (primary N) is 1. The van der Waals surface area contributed by atoms with Gasteiger partial charge in [0.15, 0.2) is 0 Å². The Balaban J connectivity index is 1.51. The van der Waals surface area contributed by atoms with Gasteiger partial charge < -0.3 is 15.2 Å². The number of hydrogen-bond donors (Lipinski definition) is 1. The second-order valence-corrected chi connectivity index (χ2v) is 8.51. The predicted octanol–water partition coefficient (Wildman–Crippen LogP) is 6.04. The number of carbonyl (C=O) groups is 1. The molecule has 2 N–H and O–H groups in total. The number of benzene rings is 4. The van der Waals surface area contributed by atoms with Gasteiger partial charge in [-0.2, -0.15) is 5.26 Å². The van der Waals surface area contributed by atoms with Crippen LogP contribution in [0.4, 0.5) is 0 Å². The number of hydrogen-bond acceptors (Lipinski definition) is 5. The van der Waals surface area contributed by atoms with E-state index in [1.807, 2.05) is 60.7 Å². The molecule has 1 aliphatic rings. The maximum absolute atomic E-state index is 12.9. The Bertz CT molecular complexity index is 1480. The highest BCUT2D eigenvalue weighted by molar-refractivity contribution is 9.10. The van der Waals surface area contributed by atoms with E-state index in [1.54, 1.807) is 24.3 Å². The van der Waals surface area contributed by atoms with Crippen LogP contribution in [0.25, 0.3) is 10.8 Å². The maximum atomic E-state index is 12.9. The Kier molecular flexibility index (Phi) is 5.33. The van der Waals surface area contributed by atoms with Gasteiger partial charge in [-0.1, -0.05) is 70.5 Å². The minimum atomic E-state index is -0.465. The highest BCUT2D eigenvalue weighted by Gasteiger charge is 2.31. The van der Waals surface area contributed by atoms with Gasteiger partial charge >= 0.3 is 5.97 Å². The zero-order valence-corrected chi connectivity index (χ0v) is 18.9. The van der Waals surface area contributed by atoms with Crippen LogP contribution in [0.2, 0.25) is 0 Å². The third-order valence-corrected chi connectivity index (χ3v) is 6.09. The van der Waals surface area contributed by atoms with E-state index < -0.39 is 5.97 Å². The lowest BCUT2D eigenvalue weighted by Crippen LogP contribution is -2.21. The zero-order valence-electron chi connectivity index (χ0n) is 17.3. The number of fused-ring (bicyclic) bond motifs is 2. The van der Waals surface area contributed by atoms with Gasteiger partial charge in [0.25, 0.3) is 0 Å². The molecule has 0 aromatic heterocycles. The van der Waals surface area contributed by atoms with Gasteiger partial charge in [-0.15, -0.1) is 0 Å². The van der Waals surface area contributed by atoms with E-state index in [2.05, 4.69) is 22.0 Å². The molecule has 1 unspecified atom stereocenters. The maximum Gasteiger partial charge on any atom is 0.344 e. The molecule has 4 aromatic carbocycles. The Labute approximate surface area is 198 Å². The molecule has 0 fully saturated rings. The van der Waals surface area contributed by atoms with E-state index in [9.17, 15) is 10.1 Å². The molecule has 0 radical (unpaired) electrons. The van der Waals surface area contributed by atoms with E-state index in [0.717, 1.165) is 26.4 Å². The SMILES string of the molecule is N#CC1=C(N)Oc2cc(OC(=O)c3cccc4ccccc34)ccc2C1c1cccc(Br)c1. The van der Waals surface area contributed by atoms with E-state index in [4.69, 9.17) is 15.2 Å². The number of ether oxygens (including phenoxy) is 2. The van der Waals surface area contributed by atoms with Crippen molar-refractivity contribution in [1.29, 1.82) is 5.26 Å². The number of halogens is 1. The van der Waals surface area contributed by atoms with Crippen molar-refractivity contribution >= 4 is 32.7 Å². The van der Waals surface area contributed by atoms with Crippen molar-refractivity contribution in [3.63, 3.8) is 0 Å². The first-order chi connectivity index (χ1) is 16.0. The third-order valence-electron chi connectivity index (χ3n) is 5.59. The van der Waals surface area contributed by atoms with Crippen LogP contribution in [0.15, 0.2) is 101 Å². The van der Waals surface area contributed by atoms with Crippen LogP contribution < -0.4 is 15.2 Å². The van der Waals surface area contributed by atoms with Crippen molar-refractivity contribution in [1.82, 2.24) is 0 Å². The second kappa shape index (κ2) is 8.45. The highest BCUT2D eigenvalue weighted by Crippen LogP contribution is 2.43. The highest BCUT2D eigenvalue weighted by atomic mass is 79.9. The molecule has 1 atom stereocenters. The van der Waals surface area contributed by atoms with Crippen LogP contribution in [0.1, 0.15) is 27.4 Å². The van der Waals surface area contributed by atoms with Gasteiger partial charge in [-0.25, -0.2) is 4.79 Å². The monoisotopic (exact) mass is 496 g/mol. The summed E-state index contributed by atoms with van der Waals surface area (Å²) in [4.78, 5) is 12.9. The van der Waals surface area contributed by atoms with Crippen LogP contribution in [0.3, 0.4) is 0 Å². The summed E-state index contributed by atoms with van der Waals surface area (Å²) in [6, 6.07) is 28.2. The lowest BCUT2D eigenvalue weighted by atomic mass is 9.83. The fourth-order valence-electron chi connectivity index (χ4n) is 4.09. The van der Waals surface area contributed by atoms with Crippen molar-refractivity contribution in [2.24, 2.45) is 5.73 Å². The fraction of sp³-hybridized carbons (Fsp3) is 0.0370. The number of rotatable bonds is 3. The predicted molar refractivity (Wildman–Crippen MR) is 129 cm³/mol. The molecule has 1 heterocycles. The molecular formula is C27H17BrN2O3. The number of allylic oxidation sites excluding steroid dienone is 1. The molecule has 0 saturated heterocycles. The van der Waals surface area contributed by atoms with Crippen molar-refractivity contribution in [2.75, 3.05) is 0 Å². The molecule has 6 heteroatoms. The van der Waals surface area contributed by atoms with E-state index >= 15 is 0 Å². The van der Waals surface area contributed by atoms with E-state index in [0.29, 0.717) is 22.6 Å². The topological polar surface area (TPSA) is 85.3 Å². The molecule has 160 valence electrons. The van der Waals surface area contributed by atoms with Crippen LogP contribution in [0, 0.1) is 11.3 Å². The van der Waals surface area contributed by atoms with Crippen LogP contribution in [-0.4, -0.2) is 5.97 Å².